The molecule has 0 aliphatic carbocycles. The molecule has 1 heterocycles. The van der Waals surface area contributed by atoms with Gasteiger partial charge < -0.3 is 10.6 Å². The third kappa shape index (κ3) is 4.43. The van der Waals surface area contributed by atoms with E-state index in [0.717, 1.165) is 33.7 Å². The smallest absolute Gasteiger partial charge is 0.267 e. The van der Waals surface area contributed by atoms with Gasteiger partial charge in [0.05, 0.1) is 5.69 Å². The van der Waals surface area contributed by atoms with Gasteiger partial charge in [-0.05, 0) is 71.9 Å². The van der Waals surface area contributed by atoms with Gasteiger partial charge in [-0.2, -0.15) is 0 Å². The van der Waals surface area contributed by atoms with Crippen molar-refractivity contribution in [3.05, 3.63) is 53.2 Å². The quantitative estimate of drug-likeness (QED) is 0.677. The summed E-state index contributed by atoms with van der Waals surface area (Å²) in [6.07, 6.45) is 0.820. The molecule has 0 saturated carbocycles. The Morgan fingerprint density at radius 1 is 1.07 bits per heavy atom. The van der Waals surface area contributed by atoms with Gasteiger partial charge in [0.15, 0.2) is 5.13 Å². The first-order valence-electron chi connectivity index (χ1n) is 9.25. The maximum atomic E-state index is 12.8. The SMILES string of the molecule is [CH]CC(C[CH])(CC)C(=O)Nc1nc(C)c(C(=O)Nc2c(C)cc(C)cc2C)s1. The Balaban J connectivity index is 2.22. The van der Waals surface area contributed by atoms with Crippen LogP contribution in [0.1, 0.15) is 58.2 Å². The number of aromatic nitrogens is 1. The van der Waals surface area contributed by atoms with Crippen LogP contribution in [0, 0.1) is 47.0 Å². The molecule has 0 spiro atoms. The maximum absolute atomic E-state index is 12.8. The van der Waals surface area contributed by atoms with Gasteiger partial charge in [-0.3, -0.25) is 9.59 Å². The Morgan fingerprint density at radius 2 is 1.64 bits per heavy atom. The molecule has 0 aliphatic rings. The molecule has 28 heavy (non-hydrogen) atoms. The molecule has 0 aliphatic heterocycles. The summed E-state index contributed by atoms with van der Waals surface area (Å²) in [6.45, 7) is 21.1. The van der Waals surface area contributed by atoms with Gasteiger partial charge in [0.1, 0.15) is 4.88 Å². The predicted octanol–water partition coefficient (Wildman–Crippen LogP) is 5.17. The van der Waals surface area contributed by atoms with Crippen molar-refractivity contribution in [1.82, 2.24) is 4.98 Å². The van der Waals surface area contributed by atoms with E-state index in [-0.39, 0.29) is 24.7 Å². The average molecular weight is 398 g/mol. The minimum absolute atomic E-state index is 0.148. The fraction of sp³-hybridized carbons (Fsp3) is 0.409. The summed E-state index contributed by atoms with van der Waals surface area (Å²) in [5.41, 5.74) is 3.66. The van der Waals surface area contributed by atoms with Gasteiger partial charge in [0.25, 0.3) is 5.91 Å². The third-order valence-electron chi connectivity index (χ3n) is 5.08. The molecule has 0 unspecified atom stereocenters. The summed E-state index contributed by atoms with van der Waals surface area (Å²) >= 11 is 1.14. The molecule has 0 saturated heterocycles. The summed E-state index contributed by atoms with van der Waals surface area (Å²) in [5, 5.41) is 6.11. The summed E-state index contributed by atoms with van der Waals surface area (Å²) in [4.78, 5) is 30.2. The second-order valence-corrected chi connectivity index (χ2v) is 8.16. The van der Waals surface area contributed by atoms with Crippen molar-refractivity contribution in [2.75, 3.05) is 10.6 Å². The Bertz CT molecular complexity index is 851. The second-order valence-electron chi connectivity index (χ2n) is 7.16. The van der Waals surface area contributed by atoms with E-state index in [9.17, 15) is 9.59 Å². The zero-order valence-electron chi connectivity index (χ0n) is 17.1. The molecule has 2 N–H and O–H groups in total. The largest absolute Gasteiger partial charge is 0.321 e. The molecule has 2 amide bonds. The molecule has 0 fully saturated rings. The molecule has 0 atom stereocenters. The van der Waals surface area contributed by atoms with Gasteiger partial charge in [0, 0.05) is 11.1 Å². The summed E-state index contributed by atoms with van der Waals surface area (Å²) in [7, 11) is 0. The summed E-state index contributed by atoms with van der Waals surface area (Å²) in [5.74, 6) is -0.518. The van der Waals surface area contributed by atoms with Crippen LogP contribution < -0.4 is 10.6 Å². The highest BCUT2D eigenvalue weighted by molar-refractivity contribution is 7.17. The lowest BCUT2D eigenvalue weighted by molar-refractivity contribution is -0.125. The van der Waals surface area contributed by atoms with Crippen LogP contribution in [0.4, 0.5) is 10.8 Å². The Hall–Kier alpha value is -2.21. The van der Waals surface area contributed by atoms with Crippen molar-refractivity contribution < 1.29 is 9.59 Å². The number of hydrogen-bond acceptors (Lipinski definition) is 4. The number of benzene rings is 1. The van der Waals surface area contributed by atoms with Crippen LogP contribution in [-0.2, 0) is 4.79 Å². The van der Waals surface area contributed by atoms with Crippen LogP contribution >= 0.6 is 11.3 Å². The highest BCUT2D eigenvalue weighted by atomic mass is 32.1. The number of carbonyl (C=O) groups is 2. The number of thiazole rings is 1. The fourth-order valence-electron chi connectivity index (χ4n) is 3.16. The molecule has 2 aromatic rings. The summed E-state index contributed by atoms with van der Waals surface area (Å²) < 4.78 is 0. The van der Waals surface area contributed by atoms with Crippen molar-refractivity contribution in [2.45, 2.75) is 53.9 Å². The first kappa shape index (κ1) is 22.1. The first-order chi connectivity index (χ1) is 13.2. The van der Waals surface area contributed by atoms with E-state index in [2.05, 4.69) is 15.6 Å². The molecule has 4 radical (unpaired) electrons. The topological polar surface area (TPSA) is 71.1 Å². The maximum Gasteiger partial charge on any atom is 0.267 e. The number of rotatable bonds is 7. The molecular formula is C22H27N3O2S. The van der Waals surface area contributed by atoms with E-state index in [0.29, 0.717) is 22.1 Å². The number of amides is 2. The minimum Gasteiger partial charge on any atom is -0.321 e. The van der Waals surface area contributed by atoms with Crippen molar-refractivity contribution in [1.29, 1.82) is 0 Å². The van der Waals surface area contributed by atoms with E-state index in [4.69, 9.17) is 13.8 Å². The number of carbonyl (C=O) groups excluding carboxylic acids is 2. The zero-order valence-corrected chi connectivity index (χ0v) is 17.9. The lowest BCUT2D eigenvalue weighted by atomic mass is 9.79. The number of anilines is 2. The predicted molar refractivity (Wildman–Crippen MR) is 115 cm³/mol. The van der Waals surface area contributed by atoms with E-state index < -0.39 is 5.41 Å². The lowest BCUT2D eigenvalue weighted by Crippen LogP contribution is -2.34. The monoisotopic (exact) mass is 397 g/mol. The minimum atomic E-state index is -0.835. The van der Waals surface area contributed by atoms with Gasteiger partial charge in [-0.25, -0.2) is 4.98 Å². The molecule has 148 valence electrons. The normalized spacial score (nSPS) is 11.4. The Morgan fingerprint density at radius 3 is 2.14 bits per heavy atom. The fourth-order valence-corrected chi connectivity index (χ4v) is 4.01. The molecule has 0 bridgehead atoms. The Labute approximate surface area is 172 Å². The van der Waals surface area contributed by atoms with Gasteiger partial charge >= 0.3 is 0 Å². The van der Waals surface area contributed by atoms with Crippen LogP contribution in [0.2, 0.25) is 0 Å². The number of hydrogen-bond donors (Lipinski definition) is 2. The average Bonchev–Trinajstić information content (AvgIpc) is 3.00. The lowest BCUT2D eigenvalue weighted by Gasteiger charge is -2.27. The zero-order chi connectivity index (χ0) is 21.1. The number of nitrogens with zero attached hydrogens (tertiary/aromatic N) is 1. The standard InChI is InChI=1S/C22H27N3O2S/c1-8-22(9-2,10-3)20(27)25-21-23-16(7)18(28-21)19(26)24-17-14(5)11-13(4)12-15(17)6/h1-2,11-12H,8-10H2,3-7H3,(H,24,26)(H,23,25,27). The highest BCUT2D eigenvalue weighted by Crippen LogP contribution is 2.33. The number of nitrogens with one attached hydrogen (secondary N) is 2. The van der Waals surface area contributed by atoms with E-state index >= 15 is 0 Å². The van der Waals surface area contributed by atoms with E-state index in [1.165, 1.54) is 0 Å². The van der Waals surface area contributed by atoms with Crippen LogP contribution in [0.3, 0.4) is 0 Å². The van der Waals surface area contributed by atoms with Gasteiger partial charge in [0.2, 0.25) is 5.91 Å². The van der Waals surface area contributed by atoms with Crippen molar-refractivity contribution in [3.63, 3.8) is 0 Å². The molecule has 1 aromatic heterocycles. The van der Waals surface area contributed by atoms with Crippen molar-refractivity contribution in [2.24, 2.45) is 5.41 Å². The first-order valence-corrected chi connectivity index (χ1v) is 10.1. The highest BCUT2D eigenvalue weighted by Gasteiger charge is 2.33. The van der Waals surface area contributed by atoms with Gasteiger partial charge in [-0.15, -0.1) is 0 Å². The van der Waals surface area contributed by atoms with E-state index in [1.807, 2.05) is 39.8 Å². The van der Waals surface area contributed by atoms with Gasteiger partial charge in [-0.1, -0.05) is 36.0 Å². The molecule has 6 heteroatoms. The van der Waals surface area contributed by atoms with Crippen LogP contribution in [0.15, 0.2) is 12.1 Å². The molecule has 5 nitrogen and oxygen atoms in total. The molecule has 2 rings (SSSR count). The van der Waals surface area contributed by atoms with Crippen LogP contribution in [0.25, 0.3) is 0 Å². The van der Waals surface area contributed by atoms with Crippen molar-refractivity contribution in [3.8, 4) is 0 Å². The third-order valence-corrected chi connectivity index (χ3v) is 6.15. The molecular weight excluding hydrogens is 370 g/mol. The molecule has 1 aromatic carbocycles. The van der Waals surface area contributed by atoms with Crippen LogP contribution in [-0.4, -0.2) is 16.8 Å². The van der Waals surface area contributed by atoms with E-state index in [1.54, 1.807) is 6.92 Å². The summed E-state index contributed by atoms with van der Waals surface area (Å²) in [6, 6.07) is 4.05. The number of aryl methyl sites for hydroxylation is 4. The second kappa shape index (κ2) is 8.86. The van der Waals surface area contributed by atoms with Crippen molar-refractivity contribution >= 4 is 34.0 Å². The van der Waals surface area contributed by atoms with Crippen LogP contribution in [0.5, 0.6) is 0 Å². The Kier molecular flexibility index (Phi) is 6.99.